The van der Waals surface area contributed by atoms with Gasteiger partial charge in [-0.25, -0.2) is 0 Å². The van der Waals surface area contributed by atoms with Gasteiger partial charge in [-0.1, -0.05) is 15.9 Å². The normalized spacial score (nSPS) is 20.7. The van der Waals surface area contributed by atoms with E-state index in [0.717, 1.165) is 45.7 Å². The van der Waals surface area contributed by atoms with Gasteiger partial charge in [0, 0.05) is 32.7 Å². The topological polar surface area (TPSA) is 35.6 Å². The summed E-state index contributed by atoms with van der Waals surface area (Å²) in [4.78, 5) is 16.0. The Balaban J connectivity index is 2.01. The molecule has 94 valence electrons. The fourth-order valence-corrected chi connectivity index (χ4v) is 1.89. The molecule has 0 saturated carbocycles. The molecule has 1 heterocycles. The minimum absolute atomic E-state index is 0.0818. The summed E-state index contributed by atoms with van der Waals surface area (Å²) in [7, 11) is 2.16. The highest BCUT2D eigenvalue weighted by atomic mass is 79.9. The number of carbonyl (C=O) groups is 1. The van der Waals surface area contributed by atoms with E-state index in [-0.39, 0.29) is 10.7 Å². The Morgan fingerprint density at radius 1 is 1.38 bits per heavy atom. The second kappa shape index (κ2) is 7.25. The first-order valence-electron chi connectivity index (χ1n) is 5.92. The van der Waals surface area contributed by atoms with Gasteiger partial charge in [0.05, 0.1) is 4.83 Å². The molecule has 4 nitrogen and oxygen atoms in total. The van der Waals surface area contributed by atoms with E-state index < -0.39 is 0 Å². The van der Waals surface area contributed by atoms with E-state index in [9.17, 15) is 4.79 Å². The number of piperazine rings is 1. The number of hydrogen-bond donors (Lipinski definition) is 1. The van der Waals surface area contributed by atoms with Gasteiger partial charge in [-0.05, 0) is 26.9 Å². The molecule has 0 aromatic rings. The van der Waals surface area contributed by atoms with E-state index in [4.69, 9.17) is 0 Å². The van der Waals surface area contributed by atoms with Crippen LogP contribution < -0.4 is 5.32 Å². The second-order valence-corrected chi connectivity index (χ2v) is 5.78. The molecular weight excluding hydrogens is 270 g/mol. The molecule has 0 spiro atoms. The van der Waals surface area contributed by atoms with Crippen LogP contribution in [0.5, 0.6) is 0 Å². The Kier molecular flexibility index (Phi) is 6.31. The first-order valence-corrected chi connectivity index (χ1v) is 6.84. The molecule has 0 aliphatic carbocycles. The number of nitrogens with one attached hydrogen (secondary N) is 1. The van der Waals surface area contributed by atoms with Crippen molar-refractivity contribution in [3.05, 3.63) is 0 Å². The Bertz CT molecular complexity index is 215. The average Bonchev–Trinajstić information content (AvgIpc) is 2.26. The van der Waals surface area contributed by atoms with Crippen LogP contribution in [0.25, 0.3) is 0 Å². The minimum atomic E-state index is -0.0869. The molecule has 1 unspecified atom stereocenters. The smallest absolute Gasteiger partial charge is 0.233 e. The van der Waals surface area contributed by atoms with Gasteiger partial charge in [0.1, 0.15) is 0 Å². The third kappa shape index (κ3) is 5.27. The van der Waals surface area contributed by atoms with E-state index in [1.807, 2.05) is 6.92 Å². The predicted molar refractivity (Wildman–Crippen MR) is 70.0 cm³/mol. The van der Waals surface area contributed by atoms with Gasteiger partial charge in [0.25, 0.3) is 0 Å². The highest BCUT2D eigenvalue weighted by molar-refractivity contribution is 9.10. The number of alkyl halides is 1. The highest BCUT2D eigenvalue weighted by Crippen LogP contribution is 2.00. The summed E-state index contributed by atoms with van der Waals surface area (Å²) < 4.78 is 0. The molecule has 1 aliphatic heterocycles. The number of rotatable bonds is 5. The zero-order chi connectivity index (χ0) is 12.0. The van der Waals surface area contributed by atoms with Crippen LogP contribution in [0.15, 0.2) is 0 Å². The van der Waals surface area contributed by atoms with Crippen LogP contribution in [0.4, 0.5) is 0 Å². The van der Waals surface area contributed by atoms with Crippen LogP contribution in [0.1, 0.15) is 13.3 Å². The maximum atomic E-state index is 11.3. The van der Waals surface area contributed by atoms with Crippen molar-refractivity contribution in [3.63, 3.8) is 0 Å². The van der Waals surface area contributed by atoms with Gasteiger partial charge >= 0.3 is 0 Å². The highest BCUT2D eigenvalue weighted by Gasteiger charge is 2.13. The van der Waals surface area contributed by atoms with E-state index in [0.29, 0.717) is 0 Å². The van der Waals surface area contributed by atoms with E-state index >= 15 is 0 Å². The van der Waals surface area contributed by atoms with Crippen molar-refractivity contribution in [1.82, 2.24) is 15.1 Å². The van der Waals surface area contributed by atoms with Crippen LogP contribution in [0, 0.1) is 0 Å². The van der Waals surface area contributed by atoms with Crippen LogP contribution >= 0.6 is 15.9 Å². The number of amides is 1. The van der Waals surface area contributed by atoms with Gasteiger partial charge in [-0.3, -0.25) is 4.79 Å². The fraction of sp³-hybridized carbons (Fsp3) is 0.909. The fourth-order valence-electron chi connectivity index (χ4n) is 1.73. The summed E-state index contributed by atoms with van der Waals surface area (Å²) in [6.45, 7) is 8.33. The van der Waals surface area contributed by atoms with Crippen LogP contribution in [0.3, 0.4) is 0 Å². The Hall–Kier alpha value is -0.130. The monoisotopic (exact) mass is 291 g/mol. The third-order valence-corrected chi connectivity index (χ3v) is 3.32. The average molecular weight is 292 g/mol. The van der Waals surface area contributed by atoms with Crippen molar-refractivity contribution in [2.24, 2.45) is 0 Å². The van der Waals surface area contributed by atoms with Gasteiger partial charge in [-0.15, -0.1) is 0 Å². The van der Waals surface area contributed by atoms with E-state index in [1.165, 1.54) is 0 Å². The Morgan fingerprint density at radius 2 is 2.00 bits per heavy atom. The lowest BCUT2D eigenvalue weighted by molar-refractivity contribution is -0.120. The first-order chi connectivity index (χ1) is 7.59. The molecule has 1 fully saturated rings. The van der Waals surface area contributed by atoms with Crippen molar-refractivity contribution in [2.45, 2.75) is 18.2 Å². The van der Waals surface area contributed by atoms with Gasteiger partial charge in [-0.2, -0.15) is 0 Å². The first kappa shape index (κ1) is 13.9. The molecule has 0 aromatic carbocycles. The maximum Gasteiger partial charge on any atom is 0.233 e. The predicted octanol–water partition coefficient (Wildman–Crippen LogP) is 0.524. The number of likely N-dealkylation sites (N-methyl/N-ethyl adjacent to an activating group) is 1. The number of hydrogen-bond acceptors (Lipinski definition) is 3. The Labute approximate surface area is 106 Å². The summed E-state index contributed by atoms with van der Waals surface area (Å²) in [6.07, 6.45) is 1.04. The van der Waals surface area contributed by atoms with Crippen molar-refractivity contribution in [2.75, 3.05) is 46.3 Å². The number of nitrogens with zero attached hydrogens (tertiary/aromatic N) is 2. The molecule has 1 saturated heterocycles. The summed E-state index contributed by atoms with van der Waals surface area (Å²) in [5.74, 6) is 0.0818. The van der Waals surface area contributed by atoms with Crippen molar-refractivity contribution >= 4 is 21.8 Å². The molecular formula is C11H22BrN3O. The van der Waals surface area contributed by atoms with Gasteiger partial charge < -0.3 is 15.1 Å². The molecule has 0 radical (unpaired) electrons. The van der Waals surface area contributed by atoms with Crippen molar-refractivity contribution in [3.8, 4) is 0 Å². The molecule has 5 heteroatoms. The van der Waals surface area contributed by atoms with Crippen LogP contribution in [-0.4, -0.2) is 66.9 Å². The number of carbonyl (C=O) groups excluding carboxylic acids is 1. The Morgan fingerprint density at radius 3 is 2.56 bits per heavy atom. The lowest BCUT2D eigenvalue weighted by Gasteiger charge is -2.32. The summed E-state index contributed by atoms with van der Waals surface area (Å²) in [6, 6.07) is 0. The lowest BCUT2D eigenvalue weighted by atomic mass is 10.3. The van der Waals surface area contributed by atoms with Crippen LogP contribution in [-0.2, 0) is 4.79 Å². The summed E-state index contributed by atoms with van der Waals surface area (Å²) >= 11 is 3.25. The SMILES string of the molecule is CC(Br)C(=O)NCCCN1CCN(C)CC1. The van der Waals surface area contributed by atoms with Crippen molar-refractivity contribution < 1.29 is 4.79 Å². The van der Waals surface area contributed by atoms with Gasteiger partial charge in [0.15, 0.2) is 0 Å². The van der Waals surface area contributed by atoms with E-state index in [1.54, 1.807) is 0 Å². The molecule has 16 heavy (non-hydrogen) atoms. The molecule has 1 N–H and O–H groups in total. The van der Waals surface area contributed by atoms with Crippen LogP contribution in [0.2, 0.25) is 0 Å². The molecule has 1 atom stereocenters. The van der Waals surface area contributed by atoms with E-state index in [2.05, 4.69) is 38.1 Å². The second-order valence-electron chi connectivity index (χ2n) is 4.41. The molecule has 1 amide bonds. The summed E-state index contributed by atoms with van der Waals surface area (Å²) in [5.41, 5.74) is 0. The minimum Gasteiger partial charge on any atom is -0.355 e. The van der Waals surface area contributed by atoms with Gasteiger partial charge in [0.2, 0.25) is 5.91 Å². The lowest BCUT2D eigenvalue weighted by Crippen LogP contribution is -2.45. The third-order valence-electron chi connectivity index (χ3n) is 2.91. The standard InChI is InChI=1S/C11H22BrN3O/c1-10(12)11(16)13-4-3-5-15-8-6-14(2)7-9-15/h10H,3-9H2,1-2H3,(H,13,16). The summed E-state index contributed by atoms with van der Waals surface area (Å²) in [5, 5.41) is 2.91. The quantitative estimate of drug-likeness (QED) is 0.593. The number of halogens is 1. The molecule has 1 rings (SSSR count). The molecule has 0 bridgehead atoms. The van der Waals surface area contributed by atoms with Crippen molar-refractivity contribution in [1.29, 1.82) is 0 Å². The zero-order valence-corrected chi connectivity index (χ0v) is 11.8. The molecule has 0 aromatic heterocycles. The molecule has 1 aliphatic rings. The zero-order valence-electron chi connectivity index (χ0n) is 10.2. The largest absolute Gasteiger partial charge is 0.355 e. The maximum absolute atomic E-state index is 11.3.